The highest BCUT2D eigenvalue weighted by Crippen LogP contribution is 2.29. The molecule has 0 aliphatic heterocycles. The van der Waals surface area contributed by atoms with Gasteiger partial charge in [-0.15, -0.1) is 23.5 Å². The third kappa shape index (κ3) is 2.07. The summed E-state index contributed by atoms with van der Waals surface area (Å²) in [5.41, 5.74) is 6.48. The Hall–Kier alpha value is -0.280. The second-order valence-electron chi connectivity index (χ2n) is 2.11. The third-order valence-electron chi connectivity index (χ3n) is 1.41. The minimum atomic E-state index is 0.840. The van der Waals surface area contributed by atoms with E-state index < -0.39 is 0 Å². The van der Waals surface area contributed by atoms with E-state index in [1.807, 2.05) is 12.1 Å². The molecular weight excluding hydrogens is 174 g/mol. The van der Waals surface area contributed by atoms with Gasteiger partial charge in [0.15, 0.2) is 0 Å². The van der Waals surface area contributed by atoms with E-state index in [0.29, 0.717) is 0 Å². The molecule has 60 valence electrons. The van der Waals surface area contributed by atoms with E-state index in [1.54, 1.807) is 23.5 Å². The van der Waals surface area contributed by atoms with Gasteiger partial charge in [0.25, 0.3) is 0 Å². The van der Waals surface area contributed by atoms with E-state index in [-0.39, 0.29) is 0 Å². The lowest BCUT2D eigenvalue weighted by molar-refractivity contribution is 1.26. The molecule has 1 aromatic rings. The SMILES string of the molecule is CSc1ccc(N)cc1SC. The first-order valence-electron chi connectivity index (χ1n) is 3.25. The number of nitrogens with two attached hydrogens (primary N) is 1. The zero-order chi connectivity index (χ0) is 8.27. The lowest BCUT2D eigenvalue weighted by Gasteiger charge is -2.04. The van der Waals surface area contributed by atoms with E-state index >= 15 is 0 Å². The Balaban J connectivity index is 3.06. The summed E-state index contributed by atoms with van der Waals surface area (Å²) in [6.07, 6.45) is 4.14. The highest BCUT2D eigenvalue weighted by atomic mass is 32.2. The van der Waals surface area contributed by atoms with E-state index in [1.165, 1.54) is 9.79 Å². The molecule has 0 unspecified atom stereocenters. The van der Waals surface area contributed by atoms with Crippen molar-refractivity contribution < 1.29 is 0 Å². The quantitative estimate of drug-likeness (QED) is 0.566. The van der Waals surface area contributed by atoms with Crippen LogP contribution in [0.3, 0.4) is 0 Å². The van der Waals surface area contributed by atoms with Crippen molar-refractivity contribution in [2.75, 3.05) is 18.2 Å². The van der Waals surface area contributed by atoms with Crippen molar-refractivity contribution in [2.45, 2.75) is 9.79 Å². The summed E-state index contributed by atoms with van der Waals surface area (Å²) in [6, 6.07) is 6.01. The van der Waals surface area contributed by atoms with Gasteiger partial charge in [-0.3, -0.25) is 0 Å². The van der Waals surface area contributed by atoms with Crippen LogP contribution in [-0.2, 0) is 0 Å². The first kappa shape index (κ1) is 8.81. The minimum Gasteiger partial charge on any atom is -0.399 e. The molecule has 0 fully saturated rings. The predicted molar refractivity (Wildman–Crippen MR) is 54.4 cm³/mol. The van der Waals surface area contributed by atoms with Gasteiger partial charge < -0.3 is 5.73 Å². The topological polar surface area (TPSA) is 26.0 Å². The molecule has 0 saturated heterocycles. The maximum Gasteiger partial charge on any atom is 0.0326 e. The molecule has 0 spiro atoms. The van der Waals surface area contributed by atoms with Crippen LogP contribution in [0.2, 0.25) is 0 Å². The fourth-order valence-electron chi connectivity index (χ4n) is 0.853. The normalized spacial score (nSPS) is 10.0. The molecule has 0 bridgehead atoms. The first-order valence-corrected chi connectivity index (χ1v) is 5.70. The standard InChI is InChI=1S/C8H11NS2/c1-10-7-4-3-6(9)5-8(7)11-2/h3-5H,9H2,1-2H3. The van der Waals surface area contributed by atoms with Crippen LogP contribution < -0.4 is 5.73 Å². The lowest BCUT2D eigenvalue weighted by atomic mass is 10.3. The van der Waals surface area contributed by atoms with Crippen LogP contribution in [0.25, 0.3) is 0 Å². The molecule has 0 amide bonds. The summed E-state index contributed by atoms with van der Waals surface area (Å²) in [6.45, 7) is 0. The molecule has 0 radical (unpaired) electrons. The summed E-state index contributed by atoms with van der Waals surface area (Å²) >= 11 is 3.49. The molecule has 11 heavy (non-hydrogen) atoms. The number of benzene rings is 1. The predicted octanol–water partition coefficient (Wildman–Crippen LogP) is 2.71. The van der Waals surface area contributed by atoms with Crippen LogP contribution >= 0.6 is 23.5 Å². The van der Waals surface area contributed by atoms with Crippen LogP contribution in [0.5, 0.6) is 0 Å². The Bertz CT molecular complexity index is 248. The summed E-state index contributed by atoms with van der Waals surface area (Å²) < 4.78 is 0. The largest absolute Gasteiger partial charge is 0.399 e. The molecule has 3 heteroatoms. The van der Waals surface area contributed by atoms with Crippen molar-refractivity contribution in [3.63, 3.8) is 0 Å². The molecule has 0 heterocycles. The van der Waals surface area contributed by atoms with E-state index in [9.17, 15) is 0 Å². The van der Waals surface area contributed by atoms with Gasteiger partial charge in [0, 0.05) is 15.5 Å². The second-order valence-corrected chi connectivity index (χ2v) is 3.81. The lowest BCUT2D eigenvalue weighted by Crippen LogP contribution is -1.85. The number of anilines is 1. The third-order valence-corrected chi connectivity index (χ3v) is 3.11. The van der Waals surface area contributed by atoms with Crippen LogP contribution in [0.1, 0.15) is 0 Å². The molecular formula is C8H11NS2. The number of rotatable bonds is 2. The highest BCUT2D eigenvalue weighted by Gasteiger charge is 1.98. The van der Waals surface area contributed by atoms with Gasteiger partial charge >= 0.3 is 0 Å². The molecule has 0 saturated carbocycles. The Kier molecular flexibility index (Phi) is 3.15. The Labute approximate surface area is 75.7 Å². The number of nitrogen functional groups attached to an aromatic ring is 1. The van der Waals surface area contributed by atoms with Crippen LogP contribution in [0.4, 0.5) is 5.69 Å². The van der Waals surface area contributed by atoms with Gasteiger partial charge in [-0.25, -0.2) is 0 Å². The molecule has 1 nitrogen and oxygen atoms in total. The van der Waals surface area contributed by atoms with Gasteiger partial charge in [0.05, 0.1) is 0 Å². The fraction of sp³-hybridized carbons (Fsp3) is 0.250. The van der Waals surface area contributed by atoms with Crippen molar-refractivity contribution in [3.8, 4) is 0 Å². The van der Waals surface area contributed by atoms with Gasteiger partial charge in [0.1, 0.15) is 0 Å². The average molecular weight is 185 g/mol. The van der Waals surface area contributed by atoms with Crippen molar-refractivity contribution in [2.24, 2.45) is 0 Å². The van der Waals surface area contributed by atoms with Crippen LogP contribution in [0, 0.1) is 0 Å². The zero-order valence-corrected chi connectivity index (χ0v) is 8.26. The van der Waals surface area contributed by atoms with Gasteiger partial charge in [-0.05, 0) is 30.7 Å². The highest BCUT2D eigenvalue weighted by molar-refractivity contribution is 8.01. The van der Waals surface area contributed by atoms with Gasteiger partial charge in [-0.2, -0.15) is 0 Å². The summed E-state index contributed by atoms with van der Waals surface area (Å²) in [5, 5.41) is 0. The fourth-order valence-corrected chi connectivity index (χ4v) is 2.34. The van der Waals surface area contributed by atoms with Crippen molar-refractivity contribution in [1.82, 2.24) is 0 Å². The maximum atomic E-state index is 5.64. The van der Waals surface area contributed by atoms with Crippen molar-refractivity contribution >= 4 is 29.2 Å². The number of hydrogen-bond acceptors (Lipinski definition) is 3. The molecule has 2 N–H and O–H groups in total. The zero-order valence-electron chi connectivity index (χ0n) is 6.63. The second kappa shape index (κ2) is 3.93. The van der Waals surface area contributed by atoms with Crippen molar-refractivity contribution in [1.29, 1.82) is 0 Å². The molecule has 1 rings (SSSR count). The molecule has 0 aromatic heterocycles. The monoisotopic (exact) mass is 185 g/mol. The Morgan fingerprint density at radius 3 is 2.27 bits per heavy atom. The van der Waals surface area contributed by atoms with E-state index in [2.05, 4.69) is 18.6 Å². The van der Waals surface area contributed by atoms with Crippen molar-refractivity contribution in [3.05, 3.63) is 18.2 Å². The summed E-state index contributed by atoms with van der Waals surface area (Å²) in [7, 11) is 0. The number of hydrogen-bond donors (Lipinski definition) is 1. The molecule has 0 aliphatic rings. The number of thioether (sulfide) groups is 2. The summed E-state index contributed by atoms with van der Waals surface area (Å²) in [4.78, 5) is 2.56. The van der Waals surface area contributed by atoms with Crippen LogP contribution in [0.15, 0.2) is 28.0 Å². The van der Waals surface area contributed by atoms with Gasteiger partial charge in [-0.1, -0.05) is 0 Å². The Morgan fingerprint density at radius 2 is 1.73 bits per heavy atom. The molecule has 0 atom stereocenters. The minimum absolute atomic E-state index is 0.840. The Morgan fingerprint density at radius 1 is 1.09 bits per heavy atom. The molecule has 1 aromatic carbocycles. The smallest absolute Gasteiger partial charge is 0.0326 e. The van der Waals surface area contributed by atoms with E-state index in [4.69, 9.17) is 5.73 Å². The first-order chi connectivity index (χ1) is 5.27. The van der Waals surface area contributed by atoms with Crippen LogP contribution in [-0.4, -0.2) is 12.5 Å². The average Bonchev–Trinajstić information content (AvgIpc) is 2.04. The maximum absolute atomic E-state index is 5.64. The van der Waals surface area contributed by atoms with E-state index in [0.717, 1.165) is 5.69 Å². The summed E-state index contributed by atoms with van der Waals surface area (Å²) in [5.74, 6) is 0. The van der Waals surface area contributed by atoms with Gasteiger partial charge in [0.2, 0.25) is 0 Å². The molecule has 0 aliphatic carbocycles.